The normalized spacial score (nSPS) is 17.1. The van der Waals surface area contributed by atoms with Crippen LogP contribution in [0.3, 0.4) is 0 Å². The molecule has 1 aromatic rings. The van der Waals surface area contributed by atoms with Crippen molar-refractivity contribution in [1.82, 2.24) is 15.5 Å². The van der Waals surface area contributed by atoms with Crippen LogP contribution in [0.2, 0.25) is 5.02 Å². The molecule has 130 valence electrons. The third-order valence-electron chi connectivity index (χ3n) is 3.71. The Labute approximate surface area is 145 Å². The molecule has 1 heterocycles. The van der Waals surface area contributed by atoms with E-state index in [-0.39, 0.29) is 37.8 Å². The molecule has 1 aliphatic rings. The monoisotopic (exact) mass is 353 g/mol. The number of benzene rings is 1. The molecule has 1 fully saturated rings. The molecule has 0 saturated carbocycles. The van der Waals surface area contributed by atoms with Crippen molar-refractivity contribution in [2.75, 3.05) is 13.2 Å². The maximum atomic E-state index is 12.3. The van der Waals surface area contributed by atoms with Gasteiger partial charge < -0.3 is 15.7 Å². The molecule has 24 heavy (non-hydrogen) atoms. The topological polar surface area (TPSA) is 98.7 Å². The second-order valence-corrected chi connectivity index (χ2v) is 5.89. The van der Waals surface area contributed by atoms with Gasteiger partial charge in [-0.15, -0.1) is 0 Å². The van der Waals surface area contributed by atoms with Crippen molar-refractivity contribution in [3.63, 3.8) is 0 Å². The van der Waals surface area contributed by atoms with Crippen LogP contribution in [0, 0.1) is 0 Å². The number of nitrogens with one attached hydrogen (secondary N) is 2. The van der Waals surface area contributed by atoms with Crippen molar-refractivity contribution in [3.8, 4) is 0 Å². The molecule has 1 saturated heterocycles. The number of halogens is 1. The molecule has 7 nitrogen and oxygen atoms in total. The van der Waals surface area contributed by atoms with E-state index in [1.165, 1.54) is 0 Å². The number of aliphatic hydroxyl groups excluding tert-OH is 1. The molecule has 0 bridgehead atoms. The summed E-state index contributed by atoms with van der Waals surface area (Å²) in [6.07, 6.45) is 0.840. The van der Waals surface area contributed by atoms with Crippen LogP contribution in [0.25, 0.3) is 0 Å². The number of amides is 4. The van der Waals surface area contributed by atoms with Crippen LogP contribution in [0.1, 0.15) is 24.8 Å². The molecule has 0 unspecified atom stereocenters. The van der Waals surface area contributed by atoms with Gasteiger partial charge in [0, 0.05) is 24.6 Å². The van der Waals surface area contributed by atoms with Crippen LogP contribution in [0.4, 0.5) is 4.79 Å². The maximum absolute atomic E-state index is 12.3. The Kier molecular flexibility index (Phi) is 6.57. The van der Waals surface area contributed by atoms with Gasteiger partial charge in [0.05, 0.1) is 6.54 Å². The van der Waals surface area contributed by atoms with Crippen LogP contribution in [-0.4, -0.2) is 47.0 Å². The lowest BCUT2D eigenvalue weighted by atomic mass is 10.1. The number of urea groups is 1. The Balaban J connectivity index is 1.87. The van der Waals surface area contributed by atoms with E-state index in [1.807, 2.05) is 0 Å². The van der Waals surface area contributed by atoms with Crippen LogP contribution in [0.15, 0.2) is 24.3 Å². The average Bonchev–Trinajstić information content (AvgIpc) is 2.83. The smallest absolute Gasteiger partial charge is 0.325 e. The summed E-state index contributed by atoms with van der Waals surface area (Å²) in [5.74, 6) is -0.571. The van der Waals surface area contributed by atoms with E-state index < -0.39 is 12.1 Å². The van der Waals surface area contributed by atoms with Gasteiger partial charge in [0.1, 0.15) is 6.04 Å². The predicted molar refractivity (Wildman–Crippen MR) is 88.3 cm³/mol. The zero-order valence-corrected chi connectivity index (χ0v) is 13.9. The van der Waals surface area contributed by atoms with Gasteiger partial charge in [-0.05, 0) is 24.5 Å². The Bertz CT molecular complexity index is 623. The molecule has 4 amide bonds. The van der Waals surface area contributed by atoms with Crippen molar-refractivity contribution < 1.29 is 19.5 Å². The molecule has 3 N–H and O–H groups in total. The molecular weight excluding hydrogens is 334 g/mol. The highest BCUT2D eigenvalue weighted by Gasteiger charge is 2.37. The zero-order chi connectivity index (χ0) is 17.5. The minimum Gasteiger partial charge on any atom is -0.396 e. The Morgan fingerprint density at radius 3 is 2.79 bits per heavy atom. The summed E-state index contributed by atoms with van der Waals surface area (Å²) in [6.45, 7) is 0.497. The first-order chi connectivity index (χ1) is 11.5. The van der Waals surface area contributed by atoms with Crippen molar-refractivity contribution in [2.24, 2.45) is 0 Å². The highest BCUT2D eigenvalue weighted by Crippen LogP contribution is 2.20. The fraction of sp³-hybridized carbons (Fsp3) is 0.438. The van der Waals surface area contributed by atoms with E-state index in [2.05, 4.69) is 10.6 Å². The predicted octanol–water partition coefficient (Wildman–Crippen LogP) is 1.04. The minimum absolute atomic E-state index is 0.00839. The summed E-state index contributed by atoms with van der Waals surface area (Å²) < 4.78 is 0. The van der Waals surface area contributed by atoms with Gasteiger partial charge in [0.2, 0.25) is 5.91 Å². The van der Waals surface area contributed by atoms with Crippen LogP contribution < -0.4 is 10.6 Å². The van der Waals surface area contributed by atoms with E-state index in [4.69, 9.17) is 16.7 Å². The standard InChI is InChI=1S/C16H20ClN3O4/c17-12-5-2-1-4-11(12)10-20-15(23)13(19-16(20)24)6-7-14(22)18-8-3-9-21/h1-2,4-5,13,21H,3,6-10H2,(H,18,22)(H,19,24)/t13-/m0/s1. The molecule has 0 radical (unpaired) electrons. The second kappa shape index (κ2) is 8.65. The first-order valence-corrected chi connectivity index (χ1v) is 8.13. The van der Waals surface area contributed by atoms with Crippen molar-refractivity contribution in [2.45, 2.75) is 31.8 Å². The molecular formula is C16H20ClN3O4. The lowest BCUT2D eigenvalue weighted by Gasteiger charge is -2.14. The van der Waals surface area contributed by atoms with Crippen molar-refractivity contribution >= 4 is 29.4 Å². The third-order valence-corrected chi connectivity index (χ3v) is 4.08. The summed E-state index contributed by atoms with van der Waals surface area (Å²) in [4.78, 5) is 37.1. The maximum Gasteiger partial charge on any atom is 0.325 e. The van der Waals surface area contributed by atoms with Crippen LogP contribution >= 0.6 is 11.6 Å². The van der Waals surface area contributed by atoms with Crippen molar-refractivity contribution in [1.29, 1.82) is 0 Å². The van der Waals surface area contributed by atoms with Gasteiger partial charge >= 0.3 is 6.03 Å². The number of aliphatic hydroxyl groups is 1. The number of carbonyl (C=O) groups excluding carboxylic acids is 3. The van der Waals surface area contributed by atoms with Crippen molar-refractivity contribution in [3.05, 3.63) is 34.9 Å². The lowest BCUT2D eigenvalue weighted by Crippen LogP contribution is -2.32. The van der Waals surface area contributed by atoms with E-state index in [1.54, 1.807) is 24.3 Å². The molecule has 1 aromatic carbocycles. The molecule has 0 aliphatic carbocycles. The summed E-state index contributed by atoms with van der Waals surface area (Å²) in [7, 11) is 0. The first-order valence-electron chi connectivity index (χ1n) is 7.75. The largest absolute Gasteiger partial charge is 0.396 e. The first kappa shape index (κ1) is 18.2. The third kappa shape index (κ3) is 4.69. The number of carbonyl (C=O) groups is 3. The van der Waals surface area contributed by atoms with E-state index >= 15 is 0 Å². The Morgan fingerprint density at radius 2 is 2.08 bits per heavy atom. The summed E-state index contributed by atoms with van der Waals surface area (Å²) in [6, 6.07) is 5.83. The van der Waals surface area contributed by atoms with Gasteiger partial charge in [-0.2, -0.15) is 0 Å². The Morgan fingerprint density at radius 1 is 1.33 bits per heavy atom. The molecule has 8 heteroatoms. The quantitative estimate of drug-likeness (QED) is 0.480. The number of rotatable bonds is 8. The number of hydrogen-bond acceptors (Lipinski definition) is 4. The van der Waals surface area contributed by atoms with E-state index in [0.717, 1.165) is 4.90 Å². The number of hydrogen-bond donors (Lipinski definition) is 3. The highest BCUT2D eigenvalue weighted by molar-refractivity contribution is 6.31. The molecule has 1 atom stereocenters. The molecule has 1 aliphatic heterocycles. The van der Waals surface area contributed by atoms with Gasteiger partial charge in [0.15, 0.2) is 0 Å². The zero-order valence-electron chi connectivity index (χ0n) is 13.1. The number of nitrogens with zero attached hydrogens (tertiary/aromatic N) is 1. The fourth-order valence-corrected chi connectivity index (χ4v) is 2.59. The second-order valence-electron chi connectivity index (χ2n) is 5.48. The van der Waals surface area contributed by atoms with Gasteiger partial charge in [-0.25, -0.2) is 4.79 Å². The van der Waals surface area contributed by atoms with Gasteiger partial charge in [-0.1, -0.05) is 29.8 Å². The summed E-state index contributed by atoms with van der Waals surface area (Å²) >= 11 is 6.06. The SMILES string of the molecule is O=C(CC[C@@H]1NC(=O)N(Cc2ccccc2Cl)C1=O)NCCCO. The molecule has 0 aromatic heterocycles. The summed E-state index contributed by atoms with van der Waals surface area (Å²) in [5, 5.41) is 14.4. The van der Waals surface area contributed by atoms with Crippen LogP contribution in [0.5, 0.6) is 0 Å². The lowest BCUT2D eigenvalue weighted by molar-refractivity contribution is -0.128. The highest BCUT2D eigenvalue weighted by atomic mass is 35.5. The fourth-order valence-electron chi connectivity index (χ4n) is 2.39. The number of imide groups is 1. The average molecular weight is 354 g/mol. The minimum atomic E-state index is -0.705. The van der Waals surface area contributed by atoms with Crippen LogP contribution in [-0.2, 0) is 16.1 Å². The van der Waals surface area contributed by atoms with E-state index in [9.17, 15) is 14.4 Å². The van der Waals surface area contributed by atoms with Gasteiger partial charge in [0.25, 0.3) is 5.91 Å². The summed E-state index contributed by atoms with van der Waals surface area (Å²) in [5.41, 5.74) is 0.685. The Hall–Kier alpha value is -2.12. The van der Waals surface area contributed by atoms with Gasteiger partial charge in [-0.3, -0.25) is 14.5 Å². The van der Waals surface area contributed by atoms with E-state index in [0.29, 0.717) is 23.6 Å². The molecule has 2 rings (SSSR count). The molecule has 0 spiro atoms.